The van der Waals surface area contributed by atoms with Gasteiger partial charge in [-0.2, -0.15) is 5.11 Å². The van der Waals surface area contributed by atoms with E-state index in [-0.39, 0.29) is 16.4 Å². The van der Waals surface area contributed by atoms with Crippen LogP contribution in [0.5, 0.6) is 0 Å². The van der Waals surface area contributed by atoms with E-state index in [1.165, 1.54) is 35.9 Å². The topological polar surface area (TPSA) is 140 Å². The van der Waals surface area contributed by atoms with Gasteiger partial charge in [0.25, 0.3) is 5.56 Å². The molecule has 0 amide bonds. The highest BCUT2D eigenvalue weighted by atomic mass is 32.2. The number of primary sulfonamides is 1. The van der Waals surface area contributed by atoms with Crippen molar-refractivity contribution >= 4 is 27.2 Å². The third-order valence-corrected chi connectivity index (χ3v) is 4.93. The minimum Gasteiger partial charge on any atom is -0.295 e. The van der Waals surface area contributed by atoms with Crippen molar-refractivity contribution in [2.75, 3.05) is 0 Å². The molecule has 0 unspecified atom stereocenters. The van der Waals surface area contributed by atoms with Crippen molar-refractivity contribution in [1.29, 1.82) is 0 Å². The van der Waals surface area contributed by atoms with E-state index in [9.17, 15) is 18.0 Å². The fourth-order valence-electron chi connectivity index (χ4n) is 2.49. The van der Waals surface area contributed by atoms with Gasteiger partial charge in [-0.05, 0) is 62.4 Å². The minimum atomic E-state index is -3.81. The second-order valence-corrected chi connectivity index (χ2v) is 7.63. The summed E-state index contributed by atoms with van der Waals surface area (Å²) in [5.74, 6) is -0.0543. The number of benzene rings is 2. The summed E-state index contributed by atoms with van der Waals surface area (Å²) in [6.45, 7) is 3.14. The molecule has 144 valence electrons. The van der Waals surface area contributed by atoms with Crippen LogP contribution in [0.1, 0.15) is 23.0 Å². The van der Waals surface area contributed by atoms with Gasteiger partial charge in [-0.3, -0.25) is 14.7 Å². The molecule has 3 rings (SSSR count). The summed E-state index contributed by atoms with van der Waals surface area (Å²) >= 11 is 0. The first kappa shape index (κ1) is 19.4. The number of ketones is 1. The number of hydrogen-bond donors (Lipinski definition) is 2. The van der Waals surface area contributed by atoms with Crippen molar-refractivity contribution in [3.05, 3.63) is 70.1 Å². The Labute approximate surface area is 160 Å². The van der Waals surface area contributed by atoms with Gasteiger partial charge in [0.1, 0.15) is 0 Å². The van der Waals surface area contributed by atoms with Crippen molar-refractivity contribution in [1.82, 2.24) is 9.78 Å². The van der Waals surface area contributed by atoms with E-state index in [0.29, 0.717) is 22.6 Å². The van der Waals surface area contributed by atoms with Crippen LogP contribution < -0.4 is 10.7 Å². The largest absolute Gasteiger partial charge is 0.299 e. The lowest BCUT2D eigenvalue weighted by molar-refractivity contribution is 0.101. The summed E-state index contributed by atoms with van der Waals surface area (Å²) in [7, 11) is -3.81. The molecule has 0 radical (unpaired) electrons. The zero-order chi connectivity index (χ0) is 20.5. The Morgan fingerprint density at radius 3 is 2.18 bits per heavy atom. The zero-order valence-electron chi connectivity index (χ0n) is 15.1. The number of hydrogen-bond acceptors (Lipinski definition) is 6. The van der Waals surface area contributed by atoms with Crippen molar-refractivity contribution < 1.29 is 13.2 Å². The van der Waals surface area contributed by atoms with Crippen LogP contribution in [0, 0.1) is 6.92 Å². The summed E-state index contributed by atoms with van der Waals surface area (Å²) in [6, 6.07) is 12.1. The van der Waals surface area contributed by atoms with Crippen molar-refractivity contribution in [2.24, 2.45) is 15.4 Å². The van der Waals surface area contributed by atoms with Crippen LogP contribution >= 0.6 is 0 Å². The fourth-order valence-corrected chi connectivity index (χ4v) is 3.01. The first-order chi connectivity index (χ1) is 13.2. The van der Waals surface area contributed by atoms with E-state index in [1.807, 2.05) is 0 Å². The van der Waals surface area contributed by atoms with Gasteiger partial charge in [-0.15, -0.1) is 5.11 Å². The van der Waals surface area contributed by atoms with Gasteiger partial charge >= 0.3 is 0 Å². The van der Waals surface area contributed by atoms with Gasteiger partial charge in [-0.25, -0.2) is 18.2 Å². The number of carbonyl (C=O) groups is 1. The smallest absolute Gasteiger partial charge is 0.295 e. The third-order valence-electron chi connectivity index (χ3n) is 4.00. The molecule has 0 aliphatic carbocycles. The van der Waals surface area contributed by atoms with Gasteiger partial charge in [0.15, 0.2) is 11.5 Å². The van der Waals surface area contributed by atoms with E-state index in [0.717, 1.165) is 0 Å². The van der Waals surface area contributed by atoms with Crippen molar-refractivity contribution in [2.45, 2.75) is 18.7 Å². The molecule has 0 fully saturated rings. The summed E-state index contributed by atoms with van der Waals surface area (Å²) in [6.07, 6.45) is 0. The minimum absolute atomic E-state index is 0.0542. The molecule has 0 saturated heterocycles. The number of nitrogens with zero attached hydrogens (tertiary/aromatic N) is 3. The summed E-state index contributed by atoms with van der Waals surface area (Å²) in [5.41, 5.74) is 1.64. The van der Waals surface area contributed by atoms with Gasteiger partial charge in [0.2, 0.25) is 10.0 Å². The lowest BCUT2D eigenvalue weighted by Crippen LogP contribution is -2.15. The molecular weight excluding hydrogens is 382 g/mol. The van der Waals surface area contributed by atoms with Gasteiger partial charge in [-0.1, -0.05) is 0 Å². The van der Waals surface area contributed by atoms with Crippen LogP contribution in [-0.4, -0.2) is 24.0 Å². The van der Waals surface area contributed by atoms with E-state index in [2.05, 4.69) is 15.3 Å². The lowest BCUT2D eigenvalue weighted by Gasteiger charge is -2.02. The molecule has 10 heteroatoms. The average Bonchev–Trinajstić information content (AvgIpc) is 2.93. The Hall–Kier alpha value is -3.37. The Balaban J connectivity index is 1.91. The predicted octanol–water partition coefficient (Wildman–Crippen LogP) is 2.74. The predicted molar refractivity (Wildman–Crippen MR) is 103 cm³/mol. The zero-order valence-corrected chi connectivity index (χ0v) is 15.9. The first-order valence-electron chi connectivity index (χ1n) is 8.14. The molecular formula is C18H17N5O4S. The van der Waals surface area contributed by atoms with Crippen LogP contribution in [0.2, 0.25) is 0 Å². The van der Waals surface area contributed by atoms with Gasteiger partial charge in [0.05, 0.1) is 22.0 Å². The number of carbonyl (C=O) groups excluding carboxylic acids is 1. The van der Waals surface area contributed by atoms with Gasteiger partial charge < -0.3 is 0 Å². The second-order valence-electron chi connectivity index (χ2n) is 6.07. The highest BCUT2D eigenvalue weighted by Gasteiger charge is 2.13. The molecule has 0 atom stereocenters. The number of H-pyrrole nitrogens is 1. The fraction of sp³-hybridized carbons (Fsp3) is 0.111. The highest BCUT2D eigenvalue weighted by Crippen LogP contribution is 2.20. The lowest BCUT2D eigenvalue weighted by atomic mass is 10.1. The average molecular weight is 399 g/mol. The molecule has 0 aliphatic rings. The Morgan fingerprint density at radius 2 is 1.64 bits per heavy atom. The molecule has 0 spiro atoms. The van der Waals surface area contributed by atoms with Crippen LogP contribution in [0.25, 0.3) is 5.69 Å². The molecule has 28 heavy (non-hydrogen) atoms. The van der Waals surface area contributed by atoms with Crippen LogP contribution in [-0.2, 0) is 10.0 Å². The van der Waals surface area contributed by atoms with E-state index >= 15 is 0 Å². The number of nitrogens with one attached hydrogen (secondary N) is 1. The molecule has 9 nitrogen and oxygen atoms in total. The molecule has 0 bridgehead atoms. The summed E-state index contributed by atoms with van der Waals surface area (Å²) in [4.78, 5) is 23.9. The number of sulfonamides is 1. The Bertz CT molecular complexity index is 1220. The molecule has 1 aromatic heterocycles. The third kappa shape index (κ3) is 3.97. The Morgan fingerprint density at radius 1 is 1.04 bits per heavy atom. The summed E-state index contributed by atoms with van der Waals surface area (Å²) < 4.78 is 23.9. The van der Waals surface area contributed by atoms with Crippen molar-refractivity contribution in [3.63, 3.8) is 0 Å². The molecule has 0 saturated carbocycles. The van der Waals surface area contributed by atoms with Crippen LogP contribution in [0.15, 0.2) is 68.4 Å². The number of aryl methyl sites for hydroxylation is 1. The normalized spacial score (nSPS) is 11.8. The maximum Gasteiger partial charge on any atom is 0.299 e. The Kier molecular flexibility index (Phi) is 5.08. The number of azo groups is 1. The molecule has 3 N–H and O–H groups in total. The molecule has 3 aromatic rings. The summed E-state index contributed by atoms with van der Waals surface area (Å²) in [5, 5.41) is 16.0. The number of Topliss-reactive ketones (excluding diaryl/α,β-unsaturated/α-hetero) is 1. The van der Waals surface area contributed by atoms with E-state index < -0.39 is 15.6 Å². The second kappa shape index (κ2) is 7.33. The SMILES string of the molecule is CC(=O)c1ccc(N=Nc2c(C)[nH]n(-c3ccc(S(N)(=O)=O)cc3)c2=O)cc1. The maximum atomic E-state index is 12.6. The first-order valence-corrected chi connectivity index (χ1v) is 9.69. The monoisotopic (exact) mass is 399 g/mol. The van der Waals surface area contributed by atoms with Gasteiger partial charge in [0, 0.05) is 5.56 Å². The van der Waals surface area contributed by atoms with Crippen molar-refractivity contribution in [3.8, 4) is 5.69 Å². The van der Waals surface area contributed by atoms with E-state index in [1.54, 1.807) is 31.2 Å². The molecule has 1 heterocycles. The van der Waals surface area contributed by atoms with E-state index in [4.69, 9.17) is 5.14 Å². The molecule has 0 aliphatic heterocycles. The number of aromatic nitrogens is 2. The highest BCUT2D eigenvalue weighted by molar-refractivity contribution is 7.89. The quantitative estimate of drug-likeness (QED) is 0.503. The number of nitrogens with two attached hydrogens (primary N) is 1. The standard InChI is InChI=1S/C18H17N5O4S/c1-11-17(21-20-14-5-3-13(4-6-14)12(2)24)18(25)23(22-11)15-7-9-16(10-8-15)28(19,26)27/h3-10,22H,1-2H3,(H2,19,26,27). The number of aromatic amines is 1. The maximum absolute atomic E-state index is 12.6. The van der Waals surface area contributed by atoms with Crippen LogP contribution in [0.3, 0.4) is 0 Å². The molecule has 2 aromatic carbocycles. The number of rotatable bonds is 5. The van der Waals surface area contributed by atoms with Crippen LogP contribution in [0.4, 0.5) is 11.4 Å².